The Morgan fingerprint density at radius 1 is 1.15 bits per heavy atom. The first kappa shape index (κ1) is 16.5. The van der Waals surface area contributed by atoms with Crippen LogP contribution in [0.15, 0.2) is 60.0 Å². The van der Waals surface area contributed by atoms with Gasteiger partial charge in [-0.25, -0.2) is 19.3 Å². The number of carbonyl (C=O) groups excluding carboxylic acids is 1. The molecule has 1 N–H and O–H groups in total. The van der Waals surface area contributed by atoms with Crippen LogP contribution in [-0.4, -0.2) is 40.6 Å². The summed E-state index contributed by atoms with van der Waals surface area (Å²) >= 11 is 0. The minimum absolute atomic E-state index is 0.0811. The molecule has 0 aliphatic carbocycles. The fourth-order valence-corrected chi connectivity index (χ4v) is 2.52. The normalized spacial score (nSPS) is 10.8. The van der Waals surface area contributed by atoms with Crippen LogP contribution >= 0.6 is 0 Å². The first-order valence-corrected chi connectivity index (χ1v) is 8.14. The first-order valence-electron chi connectivity index (χ1n) is 8.14. The third-order valence-electron chi connectivity index (χ3n) is 3.87. The number of rotatable bonds is 5. The van der Waals surface area contributed by atoms with E-state index < -0.39 is 0 Å². The topological polar surface area (TPSA) is 120 Å². The third-order valence-corrected chi connectivity index (χ3v) is 3.87. The zero-order chi connectivity index (χ0) is 18.6. The van der Waals surface area contributed by atoms with Gasteiger partial charge in [0.1, 0.15) is 18.2 Å². The average molecular weight is 362 g/mol. The third kappa shape index (κ3) is 3.54. The molecule has 0 aliphatic heterocycles. The second kappa shape index (κ2) is 7.12. The van der Waals surface area contributed by atoms with Crippen LogP contribution in [0.4, 0.5) is 5.69 Å². The summed E-state index contributed by atoms with van der Waals surface area (Å²) in [5.41, 5.74) is 0.801. The zero-order valence-corrected chi connectivity index (χ0v) is 14.1. The molecular formula is C17H14N8O2. The predicted molar refractivity (Wildman–Crippen MR) is 96.2 cm³/mol. The predicted octanol–water partition coefficient (Wildman–Crippen LogP) is 0.796. The summed E-state index contributed by atoms with van der Waals surface area (Å²) < 4.78 is 2.70. The molecule has 3 heterocycles. The number of aromatic nitrogens is 7. The van der Waals surface area contributed by atoms with Crippen molar-refractivity contribution in [2.24, 2.45) is 0 Å². The maximum Gasteiger partial charge on any atom is 0.277 e. The van der Waals surface area contributed by atoms with E-state index in [2.05, 4.69) is 30.7 Å². The minimum atomic E-state index is -0.271. The van der Waals surface area contributed by atoms with Crippen LogP contribution in [0.2, 0.25) is 0 Å². The molecule has 0 saturated carbocycles. The van der Waals surface area contributed by atoms with E-state index in [0.29, 0.717) is 22.4 Å². The van der Waals surface area contributed by atoms with Crippen molar-refractivity contribution in [1.29, 1.82) is 0 Å². The summed E-state index contributed by atoms with van der Waals surface area (Å²) in [6.45, 7) is 0.132. The molecule has 0 unspecified atom stereocenters. The number of fused-ring (bicyclic) bond motifs is 1. The molecule has 27 heavy (non-hydrogen) atoms. The number of anilines is 1. The molecule has 3 aromatic heterocycles. The van der Waals surface area contributed by atoms with Gasteiger partial charge >= 0.3 is 0 Å². The maximum atomic E-state index is 12.4. The second-order valence-corrected chi connectivity index (χ2v) is 5.68. The van der Waals surface area contributed by atoms with E-state index in [1.54, 1.807) is 36.4 Å². The van der Waals surface area contributed by atoms with E-state index in [9.17, 15) is 9.59 Å². The molecule has 134 valence electrons. The first-order chi connectivity index (χ1) is 13.2. The van der Waals surface area contributed by atoms with E-state index in [1.807, 2.05) is 0 Å². The SMILES string of the molecule is O=C(CCn1nnc2ccccc2c1=O)Nc1ccc(-n2cncn2)nc1. The number of hydrogen-bond acceptors (Lipinski definition) is 7. The lowest BCUT2D eigenvalue weighted by Crippen LogP contribution is -2.26. The highest BCUT2D eigenvalue weighted by Gasteiger charge is 2.08. The number of nitrogens with zero attached hydrogens (tertiary/aromatic N) is 7. The number of aryl methyl sites for hydroxylation is 1. The van der Waals surface area contributed by atoms with Crippen LogP contribution < -0.4 is 10.9 Å². The highest BCUT2D eigenvalue weighted by Crippen LogP contribution is 2.09. The molecule has 10 nitrogen and oxygen atoms in total. The second-order valence-electron chi connectivity index (χ2n) is 5.68. The molecule has 4 aromatic rings. The summed E-state index contributed by atoms with van der Waals surface area (Å²) in [4.78, 5) is 32.6. The Bertz CT molecular complexity index is 1140. The summed E-state index contributed by atoms with van der Waals surface area (Å²) in [6.07, 6.45) is 4.55. The number of pyridine rings is 1. The quantitative estimate of drug-likeness (QED) is 0.557. The molecule has 4 rings (SSSR count). The molecular weight excluding hydrogens is 348 g/mol. The maximum absolute atomic E-state index is 12.4. The molecule has 0 fully saturated rings. The summed E-state index contributed by atoms with van der Waals surface area (Å²) in [5, 5.41) is 15.1. The van der Waals surface area contributed by atoms with Gasteiger partial charge < -0.3 is 5.32 Å². The molecule has 0 saturated heterocycles. The standard InChI is InChI=1S/C17H14N8O2/c26-16(21-12-5-6-15(19-9-12)25-11-18-10-20-25)7-8-24-17(27)13-3-1-2-4-14(13)22-23-24/h1-6,9-11H,7-8H2,(H,21,26). The van der Waals surface area contributed by atoms with Gasteiger partial charge in [-0.1, -0.05) is 17.3 Å². The number of nitrogens with one attached hydrogen (secondary N) is 1. The van der Waals surface area contributed by atoms with Gasteiger partial charge in [0.2, 0.25) is 5.91 Å². The Labute approximate surface area is 152 Å². The number of carbonyl (C=O) groups is 1. The van der Waals surface area contributed by atoms with Gasteiger partial charge in [-0.05, 0) is 24.3 Å². The van der Waals surface area contributed by atoms with Gasteiger partial charge in [0.05, 0.1) is 23.8 Å². The van der Waals surface area contributed by atoms with Crippen molar-refractivity contribution in [2.45, 2.75) is 13.0 Å². The van der Waals surface area contributed by atoms with E-state index in [-0.39, 0.29) is 24.4 Å². The Kier molecular flexibility index (Phi) is 4.35. The smallest absolute Gasteiger partial charge is 0.277 e. The van der Waals surface area contributed by atoms with Crippen LogP contribution in [0.5, 0.6) is 0 Å². The van der Waals surface area contributed by atoms with Gasteiger partial charge in [-0.15, -0.1) is 5.10 Å². The molecule has 0 bridgehead atoms. The summed E-state index contributed by atoms with van der Waals surface area (Å²) in [7, 11) is 0. The van der Waals surface area contributed by atoms with Crippen LogP contribution in [0.3, 0.4) is 0 Å². The minimum Gasteiger partial charge on any atom is -0.325 e. The van der Waals surface area contributed by atoms with Crippen molar-refractivity contribution in [1.82, 2.24) is 34.7 Å². The fourth-order valence-electron chi connectivity index (χ4n) is 2.52. The molecule has 1 aromatic carbocycles. The van der Waals surface area contributed by atoms with Gasteiger partial charge in [0.25, 0.3) is 5.56 Å². The summed E-state index contributed by atoms with van der Waals surface area (Å²) in [5.74, 6) is 0.329. The number of benzene rings is 1. The molecule has 10 heteroatoms. The highest BCUT2D eigenvalue weighted by atomic mass is 16.2. The molecule has 0 atom stereocenters. The van der Waals surface area contributed by atoms with E-state index in [4.69, 9.17) is 0 Å². The van der Waals surface area contributed by atoms with E-state index in [0.717, 1.165) is 0 Å². The van der Waals surface area contributed by atoms with Crippen LogP contribution in [0, 0.1) is 0 Å². The molecule has 0 spiro atoms. The van der Waals surface area contributed by atoms with E-state index >= 15 is 0 Å². The molecule has 1 amide bonds. The van der Waals surface area contributed by atoms with Gasteiger partial charge in [0.15, 0.2) is 5.82 Å². The van der Waals surface area contributed by atoms with Crippen molar-refractivity contribution in [3.8, 4) is 5.82 Å². The van der Waals surface area contributed by atoms with Gasteiger partial charge in [-0.3, -0.25) is 9.59 Å². The van der Waals surface area contributed by atoms with Gasteiger partial charge in [0, 0.05) is 6.42 Å². The average Bonchev–Trinajstić information content (AvgIpc) is 3.23. The Balaban J connectivity index is 1.40. The zero-order valence-electron chi connectivity index (χ0n) is 14.1. The Hall–Kier alpha value is -3.95. The monoisotopic (exact) mass is 362 g/mol. The lowest BCUT2D eigenvalue weighted by molar-refractivity contribution is -0.116. The highest BCUT2D eigenvalue weighted by molar-refractivity contribution is 5.90. The van der Waals surface area contributed by atoms with Crippen LogP contribution in [0.25, 0.3) is 16.7 Å². The van der Waals surface area contributed by atoms with Crippen molar-refractivity contribution in [2.75, 3.05) is 5.32 Å². The fraction of sp³-hybridized carbons (Fsp3) is 0.118. The largest absolute Gasteiger partial charge is 0.325 e. The number of hydrogen-bond donors (Lipinski definition) is 1. The van der Waals surface area contributed by atoms with Gasteiger partial charge in [-0.2, -0.15) is 5.10 Å². The number of amides is 1. The Morgan fingerprint density at radius 2 is 2.04 bits per heavy atom. The lowest BCUT2D eigenvalue weighted by Gasteiger charge is -2.07. The molecule has 0 radical (unpaired) electrons. The van der Waals surface area contributed by atoms with Crippen molar-refractivity contribution >= 4 is 22.5 Å². The van der Waals surface area contributed by atoms with Crippen molar-refractivity contribution in [3.05, 3.63) is 65.6 Å². The van der Waals surface area contributed by atoms with Crippen LogP contribution in [-0.2, 0) is 11.3 Å². The van der Waals surface area contributed by atoms with Crippen molar-refractivity contribution in [3.63, 3.8) is 0 Å². The van der Waals surface area contributed by atoms with Crippen LogP contribution in [0.1, 0.15) is 6.42 Å². The summed E-state index contributed by atoms with van der Waals surface area (Å²) in [6, 6.07) is 10.4. The molecule has 0 aliphatic rings. The van der Waals surface area contributed by atoms with Crippen molar-refractivity contribution < 1.29 is 4.79 Å². The van der Waals surface area contributed by atoms with E-state index in [1.165, 1.54) is 28.2 Å². The Morgan fingerprint density at radius 3 is 2.81 bits per heavy atom. The lowest BCUT2D eigenvalue weighted by atomic mass is 10.2.